The number of nitrogens with one attached hydrogen (secondary N) is 1. The van der Waals surface area contributed by atoms with Gasteiger partial charge in [0.15, 0.2) is 0 Å². The number of carbonyl (C=O) groups is 3. The van der Waals surface area contributed by atoms with E-state index < -0.39 is 23.9 Å². The van der Waals surface area contributed by atoms with Crippen LogP contribution < -0.4 is 5.32 Å². The molecule has 0 heterocycles. The Bertz CT molecular complexity index is 545. The number of aliphatic carboxylic acids is 2. The predicted octanol–water partition coefficient (Wildman–Crippen LogP) is 1.20. The van der Waals surface area contributed by atoms with E-state index in [0.29, 0.717) is 4.47 Å². The smallest absolute Gasteiger partial charge is 0.326 e. The first-order valence-corrected chi connectivity index (χ1v) is 6.34. The third kappa shape index (κ3) is 4.54. The predicted molar refractivity (Wildman–Crippen MR) is 71.6 cm³/mol. The highest BCUT2D eigenvalue weighted by Gasteiger charge is 2.23. The number of benzene rings is 1. The summed E-state index contributed by atoms with van der Waals surface area (Å²) in [6.07, 6.45) is -0.632. The molecule has 20 heavy (non-hydrogen) atoms. The lowest BCUT2D eigenvalue weighted by molar-refractivity contribution is -0.140. The molecule has 1 rings (SSSR count). The van der Waals surface area contributed by atoms with Crippen molar-refractivity contribution in [3.63, 3.8) is 0 Å². The summed E-state index contributed by atoms with van der Waals surface area (Å²) >= 11 is 3.12. The zero-order valence-electron chi connectivity index (χ0n) is 10.2. The number of aromatic hydroxyl groups is 1. The minimum absolute atomic E-state index is 0.0963. The molecule has 0 aliphatic rings. The third-order valence-corrected chi connectivity index (χ3v) is 2.95. The Morgan fingerprint density at radius 2 is 1.90 bits per heavy atom. The SMILES string of the molecule is O=C(O)CC[C@H](NC(=O)c1cc(Br)ccc1O)C(=O)O. The highest BCUT2D eigenvalue weighted by Crippen LogP contribution is 2.21. The van der Waals surface area contributed by atoms with Gasteiger partial charge in [-0.15, -0.1) is 0 Å². The largest absolute Gasteiger partial charge is 0.507 e. The molecule has 1 amide bonds. The molecule has 0 aliphatic carbocycles. The summed E-state index contributed by atoms with van der Waals surface area (Å²) in [7, 11) is 0. The number of hydrogen-bond donors (Lipinski definition) is 4. The summed E-state index contributed by atoms with van der Waals surface area (Å²) < 4.78 is 0.540. The van der Waals surface area contributed by atoms with Gasteiger partial charge in [-0.2, -0.15) is 0 Å². The lowest BCUT2D eigenvalue weighted by atomic mass is 10.1. The van der Waals surface area contributed by atoms with Gasteiger partial charge >= 0.3 is 11.9 Å². The van der Waals surface area contributed by atoms with Gasteiger partial charge in [-0.1, -0.05) is 15.9 Å². The Hall–Kier alpha value is -2.09. The molecule has 0 aliphatic heterocycles. The molecule has 0 radical (unpaired) electrons. The molecule has 7 nitrogen and oxygen atoms in total. The molecule has 0 saturated carbocycles. The number of carboxylic acids is 2. The fourth-order valence-corrected chi connectivity index (χ4v) is 1.81. The van der Waals surface area contributed by atoms with Gasteiger partial charge in [0.1, 0.15) is 11.8 Å². The quantitative estimate of drug-likeness (QED) is 0.614. The molecule has 0 spiro atoms. The molecular weight excluding hydrogens is 334 g/mol. The molecule has 8 heteroatoms. The van der Waals surface area contributed by atoms with Crippen LogP contribution in [0.3, 0.4) is 0 Å². The maximum Gasteiger partial charge on any atom is 0.326 e. The van der Waals surface area contributed by atoms with Crippen LogP contribution in [0.25, 0.3) is 0 Å². The molecular formula is C12H12BrNO6. The van der Waals surface area contributed by atoms with Crippen molar-refractivity contribution in [2.75, 3.05) is 0 Å². The molecule has 0 fully saturated rings. The van der Waals surface area contributed by atoms with Crippen LogP contribution in [0.2, 0.25) is 0 Å². The van der Waals surface area contributed by atoms with Crippen LogP contribution in [0.15, 0.2) is 22.7 Å². The van der Waals surface area contributed by atoms with Crippen LogP contribution in [-0.2, 0) is 9.59 Å². The van der Waals surface area contributed by atoms with Crippen molar-refractivity contribution in [1.82, 2.24) is 5.32 Å². The Kier molecular flexibility index (Phi) is 5.51. The van der Waals surface area contributed by atoms with Crippen LogP contribution in [0.1, 0.15) is 23.2 Å². The number of carbonyl (C=O) groups excluding carboxylic acids is 1. The second-order valence-corrected chi connectivity index (χ2v) is 4.87. The Balaban J connectivity index is 2.82. The minimum atomic E-state index is -1.34. The van der Waals surface area contributed by atoms with Gasteiger partial charge < -0.3 is 20.6 Å². The number of phenolic OH excluding ortho intramolecular Hbond substituents is 1. The molecule has 108 valence electrons. The Morgan fingerprint density at radius 1 is 1.25 bits per heavy atom. The van der Waals surface area contributed by atoms with Crippen LogP contribution in [0.5, 0.6) is 5.75 Å². The number of carboxylic acid groups (broad SMARTS) is 2. The third-order valence-electron chi connectivity index (χ3n) is 2.45. The number of halogens is 1. The summed E-state index contributed by atoms with van der Waals surface area (Å²) in [4.78, 5) is 33.3. The number of amides is 1. The first kappa shape index (κ1) is 16.0. The lowest BCUT2D eigenvalue weighted by Gasteiger charge is -2.14. The van der Waals surface area contributed by atoms with Gasteiger partial charge in [-0.05, 0) is 24.6 Å². The molecule has 0 bridgehead atoms. The van der Waals surface area contributed by atoms with Gasteiger partial charge in [0.05, 0.1) is 5.56 Å². The Morgan fingerprint density at radius 3 is 2.45 bits per heavy atom. The summed E-state index contributed by atoms with van der Waals surface area (Å²) in [5.74, 6) is -3.58. The van der Waals surface area contributed by atoms with E-state index in [1.54, 1.807) is 0 Å². The zero-order chi connectivity index (χ0) is 15.3. The molecule has 0 aromatic heterocycles. The lowest BCUT2D eigenvalue weighted by Crippen LogP contribution is -2.41. The molecule has 1 aromatic rings. The number of rotatable bonds is 6. The van der Waals surface area contributed by atoms with Crippen molar-refractivity contribution in [2.45, 2.75) is 18.9 Å². The average molecular weight is 346 g/mol. The Labute approximate surface area is 122 Å². The first-order valence-electron chi connectivity index (χ1n) is 5.55. The van der Waals surface area contributed by atoms with Gasteiger partial charge in [0, 0.05) is 10.9 Å². The van der Waals surface area contributed by atoms with Gasteiger partial charge in [0.25, 0.3) is 5.91 Å². The van der Waals surface area contributed by atoms with Gasteiger partial charge in [0.2, 0.25) is 0 Å². The molecule has 0 unspecified atom stereocenters. The van der Waals surface area contributed by atoms with E-state index in [0.717, 1.165) is 0 Å². The maximum atomic E-state index is 11.9. The summed E-state index contributed by atoms with van der Waals surface area (Å²) in [6.45, 7) is 0. The topological polar surface area (TPSA) is 124 Å². The molecule has 4 N–H and O–H groups in total. The van der Waals surface area contributed by atoms with Crippen LogP contribution >= 0.6 is 15.9 Å². The van der Waals surface area contributed by atoms with E-state index >= 15 is 0 Å². The van der Waals surface area contributed by atoms with Gasteiger partial charge in [-0.25, -0.2) is 4.79 Å². The normalized spacial score (nSPS) is 11.7. The fraction of sp³-hybridized carbons (Fsp3) is 0.250. The molecule has 1 aromatic carbocycles. The minimum Gasteiger partial charge on any atom is -0.507 e. The second kappa shape index (κ2) is 6.90. The maximum absolute atomic E-state index is 11.9. The highest BCUT2D eigenvalue weighted by atomic mass is 79.9. The molecule has 1 atom stereocenters. The zero-order valence-corrected chi connectivity index (χ0v) is 11.8. The van der Waals surface area contributed by atoms with E-state index in [9.17, 15) is 19.5 Å². The van der Waals surface area contributed by atoms with Crippen molar-refractivity contribution in [3.05, 3.63) is 28.2 Å². The van der Waals surface area contributed by atoms with E-state index in [2.05, 4.69) is 21.2 Å². The van der Waals surface area contributed by atoms with Crippen LogP contribution in [0, 0.1) is 0 Å². The standard InChI is InChI=1S/C12H12BrNO6/c13-6-1-3-9(15)7(5-6)11(18)14-8(12(19)20)2-4-10(16)17/h1,3,5,8,15H,2,4H2,(H,14,18)(H,16,17)(H,19,20)/t8-/m0/s1. The van der Waals surface area contributed by atoms with E-state index in [1.165, 1.54) is 18.2 Å². The van der Waals surface area contributed by atoms with E-state index in [-0.39, 0.29) is 24.2 Å². The summed E-state index contributed by atoms with van der Waals surface area (Å²) in [5.41, 5.74) is -0.0963. The fourth-order valence-electron chi connectivity index (χ4n) is 1.45. The second-order valence-electron chi connectivity index (χ2n) is 3.96. The van der Waals surface area contributed by atoms with Crippen molar-refractivity contribution in [3.8, 4) is 5.75 Å². The van der Waals surface area contributed by atoms with Crippen molar-refractivity contribution in [1.29, 1.82) is 0 Å². The van der Waals surface area contributed by atoms with Crippen LogP contribution in [0.4, 0.5) is 0 Å². The van der Waals surface area contributed by atoms with Gasteiger partial charge in [-0.3, -0.25) is 9.59 Å². The first-order chi connectivity index (χ1) is 9.31. The van der Waals surface area contributed by atoms with E-state index in [4.69, 9.17) is 10.2 Å². The monoisotopic (exact) mass is 345 g/mol. The van der Waals surface area contributed by atoms with E-state index in [1.807, 2.05) is 0 Å². The van der Waals surface area contributed by atoms with Crippen molar-refractivity contribution >= 4 is 33.8 Å². The summed E-state index contributed by atoms with van der Waals surface area (Å²) in [5, 5.41) is 29.2. The average Bonchev–Trinajstić information content (AvgIpc) is 2.36. The number of phenols is 1. The highest BCUT2D eigenvalue weighted by molar-refractivity contribution is 9.10. The van der Waals surface area contributed by atoms with Crippen LogP contribution in [-0.4, -0.2) is 39.2 Å². The summed E-state index contributed by atoms with van der Waals surface area (Å²) in [6, 6.07) is 2.80. The van der Waals surface area contributed by atoms with Crippen molar-refractivity contribution in [2.24, 2.45) is 0 Å². The van der Waals surface area contributed by atoms with Crippen molar-refractivity contribution < 1.29 is 29.7 Å². The number of hydrogen-bond acceptors (Lipinski definition) is 4. The molecule has 0 saturated heterocycles.